The summed E-state index contributed by atoms with van der Waals surface area (Å²) in [4.78, 5) is 17.9. The van der Waals surface area contributed by atoms with Crippen molar-refractivity contribution in [2.75, 3.05) is 13.1 Å². The van der Waals surface area contributed by atoms with Crippen LogP contribution in [0, 0.1) is 12.7 Å². The fourth-order valence-corrected chi connectivity index (χ4v) is 3.97. The summed E-state index contributed by atoms with van der Waals surface area (Å²) in [6.45, 7) is 3.60. The van der Waals surface area contributed by atoms with Crippen molar-refractivity contribution in [2.45, 2.75) is 25.7 Å². The van der Waals surface area contributed by atoms with Crippen molar-refractivity contribution in [1.82, 2.24) is 9.88 Å². The smallest absolute Gasteiger partial charge is 0.253 e. The predicted octanol–water partition coefficient (Wildman–Crippen LogP) is 4.64. The zero-order chi connectivity index (χ0) is 17.4. The molecule has 2 heterocycles. The van der Waals surface area contributed by atoms with Gasteiger partial charge in [-0.2, -0.15) is 0 Å². The van der Waals surface area contributed by atoms with Crippen LogP contribution in [0.25, 0.3) is 10.9 Å². The summed E-state index contributed by atoms with van der Waals surface area (Å²) in [5, 5.41) is 1.29. The van der Waals surface area contributed by atoms with Crippen LogP contribution in [0.15, 0.2) is 48.5 Å². The van der Waals surface area contributed by atoms with Crippen LogP contribution in [0.3, 0.4) is 0 Å². The molecule has 0 aliphatic carbocycles. The van der Waals surface area contributed by atoms with Crippen LogP contribution in [0.5, 0.6) is 0 Å². The Morgan fingerprint density at radius 1 is 1.08 bits per heavy atom. The Morgan fingerprint density at radius 3 is 2.48 bits per heavy atom. The molecule has 4 heteroatoms. The van der Waals surface area contributed by atoms with Gasteiger partial charge < -0.3 is 9.88 Å². The number of fused-ring (bicyclic) bond motifs is 1. The van der Waals surface area contributed by atoms with Crippen molar-refractivity contribution in [3.63, 3.8) is 0 Å². The number of amides is 1. The third-order valence-electron chi connectivity index (χ3n) is 5.23. The predicted molar refractivity (Wildman–Crippen MR) is 97.3 cm³/mol. The molecule has 0 bridgehead atoms. The molecule has 4 rings (SSSR count). The molecule has 1 saturated heterocycles. The van der Waals surface area contributed by atoms with E-state index < -0.39 is 0 Å². The molecule has 0 unspecified atom stereocenters. The second kappa shape index (κ2) is 6.36. The van der Waals surface area contributed by atoms with E-state index in [2.05, 4.69) is 30.1 Å². The van der Waals surface area contributed by atoms with E-state index in [1.807, 2.05) is 11.0 Å². The lowest BCUT2D eigenvalue weighted by molar-refractivity contribution is 0.0713. The molecule has 3 nitrogen and oxygen atoms in total. The Kier molecular flexibility index (Phi) is 4.04. The molecule has 0 spiro atoms. The highest BCUT2D eigenvalue weighted by Gasteiger charge is 2.27. The second-order valence-electron chi connectivity index (χ2n) is 6.78. The first kappa shape index (κ1) is 15.9. The number of halogens is 1. The average molecular weight is 336 g/mol. The van der Waals surface area contributed by atoms with E-state index in [9.17, 15) is 9.18 Å². The maximum atomic E-state index is 13.0. The first-order valence-corrected chi connectivity index (χ1v) is 8.75. The molecule has 2 aromatic carbocycles. The van der Waals surface area contributed by atoms with Gasteiger partial charge in [-0.25, -0.2) is 4.39 Å². The molecule has 0 saturated carbocycles. The molecule has 1 aliphatic heterocycles. The third kappa shape index (κ3) is 2.93. The van der Waals surface area contributed by atoms with Gasteiger partial charge in [0.1, 0.15) is 5.82 Å². The first-order chi connectivity index (χ1) is 12.1. The van der Waals surface area contributed by atoms with Gasteiger partial charge in [0.05, 0.1) is 0 Å². The van der Waals surface area contributed by atoms with E-state index in [0.717, 1.165) is 25.9 Å². The Morgan fingerprint density at radius 2 is 1.76 bits per heavy atom. The molecule has 1 aliphatic rings. The molecule has 25 heavy (non-hydrogen) atoms. The van der Waals surface area contributed by atoms with E-state index in [4.69, 9.17) is 0 Å². The van der Waals surface area contributed by atoms with Gasteiger partial charge in [0.2, 0.25) is 0 Å². The highest BCUT2D eigenvalue weighted by molar-refractivity contribution is 5.94. The maximum Gasteiger partial charge on any atom is 0.253 e. The number of nitrogens with zero attached hydrogens (tertiary/aromatic N) is 1. The summed E-state index contributed by atoms with van der Waals surface area (Å²) < 4.78 is 13.0. The number of carbonyl (C=O) groups is 1. The lowest BCUT2D eigenvalue weighted by Crippen LogP contribution is -2.38. The zero-order valence-electron chi connectivity index (χ0n) is 14.3. The molecule has 3 aromatic rings. The summed E-state index contributed by atoms with van der Waals surface area (Å²) >= 11 is 0. The number of rotatable bonds is 2. The lowest BCUT2D eigenvalue weighted by Gasteiger charge is -2.32. The highest BCUT2D eigenvalue weighted by Crippen LogP contribution is 2.35. The van der Waals surface area contributed by atoms with Crippen molar-refractivity contribution in [3.05, 3.63) is 71.2 Å². The van der Waals surface area contributed by atoms with Gasteiger partial charge in [-0.15, -0.1) is 0 Å². The lowest BCUT2D eigenvalue weighted by atomic mass is 9.87. The molecule has 0 radical (unpaired) electrons. The molecule has 128 valence electrons. The van der Waals surface area contributed by atoms with Gasteiger partial charge in [-0.05, 0) is 61.6 Å². The van der Waals surface area contributed by atoms with Crippen LogP contribution in [-0.4, -0.2) is 28.9 Å². The third-order valence-corrected chi connectivity index (χ3v) is 5.23. The second-order valence-corrected chi connectivity index (χ2v) is 6.78. The maximum absolute atomic E-state index is 13.0. The number of piperidine rings is 1. The minimum atomic E-state index is -0.315. The minimum absolute atomic E-state index is 0.00546. The Labute approximate surface area is 146 Å². The van der Waals surface area contributed by atoms with Crippen LogP contribution in [0.1, 0.15) is 40.4 Å². The van der Waals surface area contributed by atoms with E-state index in [0.29, 0.717) is 11.5 Å². The minimum Gasteiger partial charge on any atom is -0.358 e. The number of aryl methyl sites for hydroxylation is 1. The van der Waals surface area contributed by atoms with Gasteiger partial charge in [-0.1, -0.05) is 18.2 Å². The Bertz CT molecular complexity index is 905. The Balaban J connectivity index is 1.50. The standard InChI is InChI=1S/C21H21FN2O/c1-14-20(18-4-2-3-5-19(18)23-14)15-10-12-24(13-11-15)21(25)16-6-8-17(22)9-7-16/h2-9,15,23H,10-13H2,1H3. The average Bonchev–Trinajstić information content (AvgIpc) is 2.97. The molecular weight excluding hydrogens is 315 g/mol. The van der Waals surface area contributed by atoms with Crippen LogP contribution in [-0.2, 0) is 0 Å². The molecule has 0 atom stereocenters. The van der Waals surface area contributed by atoms with Crippen molar-refractivity contribution >= 4 is 16.8 Å². The SMILES string of the molecule is Cc1[nH]c2ccccc2c1C1CCN(C(=O)c2ccc(F)cc2)CC1. The molecule has 1 amide bonds. The highest BCUT2D eigenvalue weighted by atomic mass is 19.1. The van der Waals surface area contributed by atoms with Gasteiger partial charge in [0.25, 0.3) is 5.91 Å². The zero-order valence-corrected chi connectivity index (χ0v) is 14.3. The fraction of sp³-hybridized carbons (Fsp3) is 0.286. The van der Waals surface area contributed by atoms with Crippen LogP contribution < -0.4 is 0 Å². The number of carbonyl (C=O) groups excluding carboxylic acids is 1. The molecular formula is C21H21FN2O. The summed E-state index contributed by atoms with van der Waals surface area (Å²) in [6, 6.07) is 14.2. The number of aromatic nitrogens is 1. The molecule has 1 N–H and O–H groups in total. The largest absolute Gasteiger partial charge is 0.358 e. The van der Waals surface area contributed by atoms with Gasteiger partial charge in [0, 0.05) is 35.2 Å². The number of H-pyrrole nitrogens is 1. The number of nitrogens with one attached hydrogen (secondary N) is 1. The van der Waals surface area contributed by atoms with Crippen LogP contribution >= 0.6 is 0 Å². The van der Waals surface area contributed by atoms with Crippen molar-refractivity contribution in [3.8, 4) is 0 Å². The van der Waals surface area contributed by atoms with Gasteiger partial charge in [0.15, 0.2) is 0 Å². The van der Waals surface area contributed by atoms with E-state index in [-0.39, 0.29) is 11.7 Å². The molecule has 1 aromatic heterocycles. The number of benzene rings is 2. The fourth-order valence-electron chi connectivity index (χ4n) is 3.97. The van der Waals surface area contributed by atoms with E-state index in [1.165, 1.54) is 34.3 Å². The summed E-state index contributed by atoms with van der Waals surface area (Å²) in [7, 11) is 0. The summed E-state index contributed by atoms with van der Waals surface area (Å²) in [5.74, 6) is 0.146. The van der Waals surface area contributed by atoms with E-state index >= 15 is 0 Å². The number of hydrogen-bond donors (Lipinski definition) is 1. The topological polar surface area (TPSA) is 36.1 Å². The number of likely N-dealkylation sites (tertiary alicyclic amines) is 1. The van der Waals surface area contributed by atoms with E-state index in [1.54, 1.807) is 12.1 Å². The summed E-state index contributed by atoms with van der Waals surface area (Å²) in [6.07, 6.45) is 1.91. The van der Waals surface area contributed by atoms with Crippen molar-refractivity contribution < 1.29 is 9.18 Å². The van der Waals surface area contributed by atoms with Crippen molar-refractivity contribution in [2.24, 2.45) is 0 Å². The first-order valence-electron chi connectivity index (χ1n) is 8.75. The summed E-state index contributed by atoms with van der Waals surface area (Å²) in [5.41, 5.74) is 4.36. The quantitative estimate of drug-likeness (QED) is 0.727. The number of para-hydroxylation sites is 1. The number of aromatic amines is 1. The Hall–Kier alpha value is -2.62. The van der Waals surface area contributed by atoms with Crippen LogP contribution in [0.2, 0.25) is 0 Å². The molecule has 1 fully saturated rings. The van der Waals surface area contributed by atoms with Crippen LogP contribution in [0.4, 0.5) is 4.39 Å². The number of hydrogen-bond acceptors (Lipinski definition) is 1. The monoisotopic (exact) mass is 336 g/mol. The van der Waals surface area contributed by atoms with Crippen molar-refractivity contribution in [1.29, 1.82) is 0 Å². The van der Waals surface area contributed by atoms with Gasteiger partial charge >= 0.3 is 0 Å². The normalized spacial score (nSPS) is 15.7. The van der Waals surface area contributed by atoms with Gasteiger partial charge in [-0.3, -0.25) is 4.79 Å².